The molecule has 0 unspecified atom stereocenters. The molecule has 2 aromatic rings. The van der Waals surface area contributed by atoms with E-state index in [1.165, 1.54) is 12.1 Å². The zero-order chi connectivity index (χ0) is 9.54. The second-order valence-corrected chi connectivity index (χ2v) is 3.60. The first-order chi connectivity index (χ1) is 6.84. The third-order valence-corrected chi connectivity index (χ3v) is 2.69. The lowest BCUT2D eigenvalue weighted by molar-refractivity contribution is 0.350. The number of benzene rings is 1. The number of imidazole rings is 1. The van der Waals surface area contributed by atoms with Crippen LogP contribution < -0.4 is 5.32 Å². The van der Waals surface area contributed by atoms with Crippen LogP contribution in [0.2, 0.25) is 0 Å². The van der Waals surface area contributed by atoms with Crippen molar-refractivity contribution in [3.63, 3.8) is 0 Å². The van der Waals surface area contributed by atoms with Crippen molar-refractivity contribution < 1.29 is 4.39 Å². The van der Waals surface area contributed by atoms with E-state index in [2.05, 4.69) is 14.9 Å². The fraction of sp³-hybridized carbons (Fsp3) is 0.300. The fourth-order valence-corrected chi connectivity index (χ4v) is 1.77. The molecule has 3 nitrogen and oxygen atoms in total. The van der Waals surface area contributed by atoms with E-state index >= 15 is 0 Å². The Hall–Kier alpha value is -1.42. The number of rotatable bonds is 1. The molecule has 0 saturated carbocycles. The highest BCUT2D eigenvalue weighted by Crippen LogP contribution is 2.20. The molecule has 1 fully saturated rings. The van der Waals surface area contributed by atoms with Gasteiger partial charge in [0.2, 0.25) is 0 Å². The van der Waals surface area contributed by atoms with Crippen molar-refractivity contribution in [3.8, 4) is 0 Å². The first-order valence-electron chi connectivity index (χ1n) is 4.67. The molecule has 1 aromatic heterocycles. The predicted molar refractivity (Wildman–Crippen MR) is 51.6 cm³/mol. The number of hydrogen-bond donors (Lipinski definition) is 1. The highest BCUT2D eigenvalue weighted by Gasteiger charge is 2.20. The third kappa shape index (κ3) is 1.04. The van der Waals surface area contributed by atoms with Crippen LogP contribution >= 0.6 is 0 Å². The maximum atomic E-state index is 12.9. The molecule has 1 aromatic carbocycles. The van der Waals surface area contributed by atoms with Crippen molar-refractivity contribution in [3.05, 3.63) is 30.3 Å². The first-order valence-corrected chi connectivity index (χ1v) is 4.67. The largest absolute Gasteiger partial charge is 0.325 e. The van der Waals surface area contributed by atoms with Gasteiger partial charge in [-0.25, -0.2) is 9.37 Å². The van der Waals surface area contributed by atoms with Crippen LogP contribution in [0.25, 0.3) is 11.0 Å². The van der Waals surface area contributed by atoms with Gasteiger partial charge in [-0.15, -0.1) is 0 Å². The van der Waals surface area contributed by atoms with Gasteiger partial charge in [0.25, 0.3) is 0 Å². The Kier molecular flexibility index (Phi) is 1.58. The Balaban J connectivity index is 2.16. The lowest BCUT2D eigenvalue weighted by Gasteiger charge is -2.28. The molecule has 0 radical (unpaired) electrons. The Morgan fingerprint density at radius 1 is 1.43 bits per heavy atom. The van der Waals surface area contributed by atoms with Crippen LogP contribution in [0.1, 0.15) is 6.04 Å². The predicted octanol–water partition coefficient (Wildman–Crippen LogP) is 1.32. The Morgan fingerprint density at radius 2 is 2.29 bits per heavy atom. The molecule has 0 spiro atoms. The maximum absolute atomic E-state index is 12.9. The molecule has 0 aliphatic carbocycles. The lowest BCUT2D eigenvalue weighted by Crippen LogP contribution is -2.43. The van der Waals surface area contributed by atoms with Gasteiger partial charge in [0, 0.05) is 19.2 Å². The normalized spacial score (nSPS) is 17.2. The number of fused-ring (bicyclic) bond motifs is 1. The topological polar surface area (TPSA) is 29.9 Å². The summed E-state index contributed by atoms with van der Waals surface area (Å²) in [5, 5.41) is 3.20. The average Bonchev–Trinajstić information content (AvgIpc) is 2.45. The Labute approximate surface area is 80.6 Å². The van der Waals surface area contributed by atoms with E-state index in [0.29, 0.717) is 6.04 Å². The fourth-order valence-electron chi connectivity index (χ4n) is 1.77. The van der Waals surface area contributed by atoms with E-state index in [-0.39, 0.29) is 5.82 Å². The highest BCUT2D eigenvalue weighted by atomic mass is 19.1. The minimum absolute atomic E-state index is 0.227. The summed E-state index contributed by atoms with van der Waals surface area (Å²) in [5.74, 6) is -0.227. The molecule has 72 valence electrons. The molecule has 1 aliphatic heterocycles. The van der Waals surface area contributed by atoms with Crippen molar-refractivity contribution in [2.45, 2.75) is 6.04 Å². The van der Waals surface area contributed by atoms with E-state index < -0.39 is 0 Å². The first kappa shape index (κ1) is 7.94. The number of hydrogen-bond acceptors (Lipinski definition) is 2. The van der Waals surface area contributed by atoms with Crippen LogP contribution in [0.15, 0.2) is 24.5 Å². The van der Waals surface area contributed by atoms with Gasteiger partial charge >= 0.3 is 0 Å². The highest BCUT2D eigenvalue weighted by molar-refractivity contribution is 5.75. The summed E-state index contributed by atoms with van der Waals surface area (Å²) in [4.78, 5) is 4.18. The molecule has 3 rings (SSSR count). The molecule has 2 heterocycles. The maximum Gasteiger partial charge on any atom is 0.125 e. The molecular formula is C10H10FN3. The quantitative estimate of drug-likeness (QED) is 0.736. The molecule has 1 aliphatic rings. The van der Waals surface area contributed by atoms with Gasteiger partial charge in [-0.05, 0) is 12.1 Å². The van der Waals surface area contributed by atoms with Gasteiger partial charge in [-0.2, -0.15) is 0 Å². The number of nitrogens with zero attached hydrogens (tertiary/aromatic N) is 2. The van der Waals surface area contributed by atoms with Gasteiger partial charge in [-0.1, -0.05) is 0 Å². The molecule has 4 heteroatoms. The summed E-state index contributed by atoms with van der Waals surface area (Å²) in [6.07, 6.45) is 1.79. The van der Waals surface area contributed by atoms with Crippen LogP contribution in [0.4, 0.5) is 4.39 Å². The zero-order valence-electron chi connectivity index (χ0n) is 7.57. The Bertz CT molecular complexity index is 473. The number of halogens is 1. The summed E-state index contributed by atoms with van der Waals surface area (Å²) in [7, 11) is 0. The van der Waals surface area contributed by atoms with Crippen LogP contribution in [0, 0.1) is 5.82 Å². The van der Waals surface area contributed by atoms with Gasteiger partial charge in [0.05, 0.1) is 23.4 Å². The zero-order valence-corrected chi connectivity index (χ0v) is 7.57. The van der Waals surface area contributed by atoms with Crippen LogP contribution in [-0.2, 0) is 0 Å². The van der Waals surface area contributed by atoms with E-state index in [9.17, 15) is 4.39 Å². The van der Waals surface area contributed by atoms with Crippen molar-refractivity contribution >= 4 is 11.0 Å². The monoisotopic (exact) mass is 191 g/mol. The average molecular weight is 191 g/mol. The molecule has 0 amide bonds. The summed E-state index contributed by atoms with van der Waals surface area (Å²) in [5.41, 5.74) is 1.75. The molecule has 1 N–H and O–H groups in total. The summed E-state index contributed by atoms with van der Waals surface area (Å²) in [6, 6.07) is 5.21. The molecule has 0 atom stereocenters. The summed E-state index contributed by atoms with van der Waals surface area (Å²) < 4.78 is 15.0. The minimum Gasteiger partial charge on any atom is -0.325 e. The standard InChI is InChI=1S/C10H10FN3/c11-7-1-2-10-9(3-7)13-6-14(10)8-4-12-5-8/h1-3,6,8,12H,4-5H2. The molecule has 1 saturated heterocycles. The second kappa shape index (κ2) is 2.78. The molecule has 0 bridgehead atoms. The van der Waals surface area contributed by atoms with E-state index in [1.54, 1.807) is 12.4 Å². The third-order valence-electron chi connectivity index (χ3n) is 2.69. The number of nitrogens with one attached hydrogen (secondary N) is 1. The van der Waals surface area contributed by atoms with Crippen molar-refractivity contribution in [1.29, 1.82) is 0 Å². The van der Waals surface area contributed by atoms with Gasteiger partial charge in [-0.3, -0.25) is 0 Å². The van der Waals surface area contributed by atoms with Crippen LogP contribution in [-0.4, -0.2) is 22.6 Å². The van der Waals surface area contributed by atoms with Gasteiger partial charge in [0.1, 0.15) is 5.82 Å². The lowest BCUT2D eigenvalue weighted by atomic mass is 10.1. The van der Waals surface area contributed by atoms with Gasteiger partial charge in [0.15, 0.2) is 0 Å². The van der Waals surface area contributed by atoms with Crippen molar-refractivity contribution in [2.75, 3.05) is 13.1 Å². The molecule has 14 heavy (non-hydrogen) atoms. The van der Waals surface area contributed by atoms with Crippen LogP contribution in [0.5, 0.6) is 0 Å². The van der Waals surface area contributed by atoms with Crippen molar-refractivity contribution in [2.24, 2.45) is 0 Å². The summed E-state index contributed by atoms with van der Waals surface area (Å²) >= 11 is 0. The van der Waals surface area contributed by atoms with E-state index in [1.807, 2.05) is 0 Å². The van der Waals surface area contributed by atoms with Crippen molar-refractivity contribution in [1.82, 2.24) is 14.9 Å². The second-order valence-electron chi connectivity index (χ2n) is 3.60. The summed E-state index contributed by atoms with van der Waals surface area (Å²) in [6.45, 7) is 1.95. The minimum atomic E-state index is -0.227. The SMILES string of the molecule is Fc1ccc2c(c1)ncn2C1CNC1. The van der Waals surface area contributed by atoms with Crippen LogP contribution in [0.3, 0.4) is 0 Å². The smallest absolute Gasteiger partial charge is 0.125 e. The Morgan fingerprint density at radius 3 is 3.00 bits per heavy atom. The number of aromatic nitrogens is 2. The van der Waals surface area contributed by atoms with E-state index in [4.69, 9.17) is 0 Å². The molecular weight excluding hydrogens is 181 g/mol. The van der Waals surface area contributed by atoms with E-state index in [0.717, 1.165) is 24.1 Å². The van der Waals surface area contributed by atoms with Gasteiger partial charge < -0.3 is 9.88 Å².